The molecule has 3 rings (SSSR count). The highest BCUT2D eigenvalue weighted by molar-refractivity contribution is 6.54. The van der Waals surface area contributed by atoms with Gasteiger partial charge in [0.05, 0.1) is 12.3 Å². The van der Waals surface area contributed by atoms with Crippen molar-refractivity contribution in [1.29, 1.82) is 0 Å². The summed E-state index contributed by atoms with van der Waals surface area (Å²) in [7, 11) is 0. The molecule has 0 atom stereocenters. The minimum Gasteiger partial charge on any atom is -0.462 e. The zero-order valence-corrected chi connectivity index (χ0v) is 12.8. The Labute approximate surface area is 128 Å². The summed E-state index contributed by atoms with van der Waals surface area (Å²) in [6, 6.07) is 7.53. The molecule has 1 amide bonds. The van der Waals surface area contributed by atoms with Gasteiger partial charge in [0.15, 0.2) is 0 Å². The fourth-order valence-electron chi connectivity index (χ4n) is 3.21. The van der Waals surface area contributed by atoms with Gasteiger partial charge in [-0.05, 0) is 32.8 Å². The first-order chi connectivity index (χ1) is 10.4. The fraction of sp³-hybridized carbons (Fsp3) is 0.353. The molecule has 0 fully saturated rings. The molecule has 2 aliphatic rings. The van der Waals surface area contributed by atoms with Gasteiger partial charge in [-0.2, -0.15) is 0 Å². The molecule has 0 spiro atoms. The van der Waals surface area contributed by atoms with Crippen molar-refractivity contribution in [2.75, 3.05) is 6.61 Å². The molecule has 22 heavy (non-hydrogen) atoms. The first-order valence-electron chi connectivity index (χ1n) is 7.27. The number of amides is 1. The van der Waals surface area contributed by atoms with Crippen molar-refractivity contribution < 1.29 is 19.1 Å². The van der Waals surface area contributed by atoms with E-state index in [4.69, 9.17) is 4.74 Å². The highest BCUT2D eigenvalue weighted by atomic mass is 16.5. The van der Waals surface area contributed by atoms with Crippen LogP contribution in [0.5, 0.6) is 0 Å². The molecule has 0 unspecified atom stereocenters. The molecule has 0 aromatic heterocycles. The number of rotatable bonds is 2. The Kier molecular flexibility index (Phi) is 3.16. The van der Waals surface area contributed by atoms with Crippen LogP contribution >= 0.6 is 0 Å². The molecule has 5 heteroatoms. The van der Waals surface area contributed by atoms with Crippen LogP contribution in [0.1, 0.15) is 31.9 Å². The lowest BCUT2D eigenvalue weighted by atomic mass is 9.84. The summed E-state index contributed by atoms with van der Waals surface area (Å²) in [6.45, 7) is 5.60. The molecule has 1 aromatic rings. The molecule has 2 aliphatic heterocycles. The van der Waals surface area contributed by atoms with Gasteiger partial charge in [-0.1, -0.05) is 24.3 Å². The largest absolute Gasteiger partial charge is 0.462 e. The third-order valence-corrected chi connectivity index (χ3v) is 4.07. The number of ether oxygens (including phenoxy) is 1. The van der Waals surface area contributed by atoms with Crippen LogP contribution in [0.25, 0.3) is 5.70 Å². The Morgan fingerprint density at radius 2 is 1.95 bits per heavy atom. The van der Waals surface area contributed by atoms with Gasteiger partial charge in [0.25, 0.3) is 11.7 Å². The van der Waals surface area contributed by atoms with Gasteiger partial charge in [0.2, 0.25) is 0 Å². The van der Waals surface area contributed by atoms with E-state index in [1.54, 1.807) is 6.92 Å². The number of hydrogen-bond donors (Lipinski definition) is 0. The van der Waals surface area contributed by atoms with Crippen LogP contribution in [0.2, 0.25) is 0 Å². The molecule has 5 nitrogen and oxygen atoms in total. The number of esters is 1. The smallest absolute Gasteiger partial charge is 0.344 e. The Morgan fingerprint density at radius 1 is 1.27 bits per heavy atom. The number of ketones is 1. The second-order valence-electron chi connectivity index (χ2n) is 6.06. The SMILES string of the molecule is CCOC(=O)C1=C2c3ccccc3CC(C)(C)N2C(=O)C1=O. The highest BCUT2D eigenvalue weighted by Crippen LogP contribution is 2.43. The van der Waals surface area contributed by atoms with Crippen LogP contribution in [0, 0.1) is 0 Å². The van der Waals surface area contributed by atoms with E-state index < -0.39 is 23.2 Å². The van der Waals surface area contributed by atoms with E-state index in [9.17, 15) is 14.4 Å². The number of carbonyl (C=O) groups excluding carboxylic acids is 3. The van der Waals surface area contributed by atoms with Gasteiger partial charge in [0, 0.05) is 11.1 Å². The van der Waals surface area contributed by atoms with Crippen molar-refractivity contribution in [3.05, 3.63) is 41.0 Å². The molecular formula is C17H17NO4. The van der Waals surface area contributed by atoms with Crippen molar-refractivity contribution >= 4 is 23.4 Å². The Hall–Kier alpha value is -2.43. The number of hydrogen-bond acceptors (Lipinski definition) is 4. The van der Waals surface area contributed by atoms with E-state index in [-0.39, 0.29) is 12.2 Å². The number of benzene rings is 1. The Balaban J connectivity index is 2.29. The maximum Gasteiger partial charge on any atom is 0.344 e. The zero-order valence-electron chi connectivity index (χ0n) is 12.8. The van der Waals surface area contributed by atoms with Crippen molar-refractivity contribution in [2.24, 2.45) is 0 Å². The second kappa shape index (κ2) is 4.80. The molecule has 0 saturated heterocycles. The van der Waals surface area contributed by atoms with E-state index >= 15 is 0 Å². The number of nitrogens with zero attached hydrogens (tertiary/aromatic N) is 1. The lowest BCUT2D eigenvalue weighted by molar-refractivity contribution is -0.145. The summed E-state index contributed by atoms with van der Waals surface area (Å²) < 4.78 is 4.98. The van der Waals surface area contributed by atoms with Gasteiger partial charge in [0.1, 0.15) is 5.57 Å². The van der Waals surface area contributed by atoms with Crippen LogP contribution in [0.15, 0.2) is 29.8 Å². The van der Waals surface area contributed by atoms with E-state index in [2.05, 4.69) is 0 Å². The average Bonchev–Trinajstić information content (AvgIpc) is 2.72. The van der Waals surface area contributed by atoms with Crippen molar-refractivity contribution in [2.45, 2.75) is 32.7 Å². The van der Waals surface area contributed by atoms with Crippen LogP contribution < -0.4 is 0 Å². The summed E-state index contributed by atoms with van der Waals surface area (Å²) in [5, 5.41) is 0. The van der Waals surface area contributed by atoms with E-state index in [1.165, 1.54) is 4.90 Å². The first-order valence-corrected chi connectivity index (χ1v) is 7.27. The van der Waals surface area contributed by atoms with Crippen LogP contribution in [-0.2, 0) is 25.5 Å². The molecule has 114 valence electrons. The molecule has 0 bridgehead atoms. The van der Waals surface area contributed by atoms with Gasteiger partial charge in [-0.15, -0.1) is 0 Å². The minimum absolute atomic E-state index is 0.146. The first kappa shape index (κ1) is 14.5. The zero-order chi connectivity index (χ0) is 16.1. The van der Waals surface area contributed by atoms with E-state index in [0.717, 1.165) is 11.1 Å². The molecule has 1 aromatic carbocycles. The fourth-order valence-corrected chi connectivity index (χ4v) is 3.21. The highest BCUT2D eigenvalue weighted by Gasteiger charge is 2.51. The Morgan fingerprint density at radius 3 is 2.64 bits per heavy atom. The molecule has 0 N–H and O–H groups in total. The normalized spacial score (nSPS) is 19.1. The molecule has 0 aliphatic carbocycles. The lowest BCUT2D eigenvalue weighted by Gasteiger charge is -2.42. The van der Waals surface area contributed by atoms with Crippen LogP contribution in [0.3, 0.4) is 0 Å². The van der Waals surface area contributed by atoms with Crippen molar-refractivity contribution in [3.63, 3.8) is 0 Å². The third kappa shape index (κ3) is 1.89. The molecule has 2 heterocycles. The van der Waals surface area contributed by atoms with Gasteiger partial charge in [-0.3, -0.25) is 14.5 Å². The second-order valence-corrected chi connectivity index (χ2v) is 6.06. The summed E-state index contributed by atoms with van der Waals surface area (Å²) in [6.07, 6.45) is 0.627. The maximum absolute atomic E-state index is 12.4. The number of Topliss-reactive ketones (excluding diaryl/α,β-unsaturated/α-hetero) is 1. The lowest BCUT2D eigenvalue weighted by Crippen LogP contribution is -2.49. The van der Waals surface area contributed by atoms with Crippen molar-refractivity contribution in [3.8, 4) is 0 Å². The quantitative estimate of drug-likeness (QED) is 0.474. The van der Waals surface area contributed by atoms with Crippen LogP contribution in [-0.4, -0.2) is 34.7 Å². The average molecular weight is 299 g/mol. The summed E-state index contributed by atoms with van der Waals surface area (Å²) in [5.41, 5.74) is 1.45. The van der Waals surface area contributed by atoms with E-state index in [1.807, 2.05) is 38.1 Å². The van der Waals surface area contributed by atoms with E-state index in [0.29, 0.717) is 12.1 Å². The predicted molar refractivity (Wildman–Crippen MR) is 79.6 cm³/mol. The monoisotopic (exact) mass is 299 g/mol. The maximum atomic E-state index is 12.4. The number of fused-ring (bicyclic) bond motifs is 3. The molecule has 0 radical (unpaired) electrons. The predicted octanol–water partition coefficient (Wildman–Crippen LogP) is 1.71. The summed E-state index contributed by atoms with van der Waals surface area (Å²) in [4.78, 5) is 38.4. The van der Waals surface area contributed by atoms with Gasteiger partial charge in [-0.25, -0.2) is 4.79 Å². The van der Waals surface area contributed by atoms with Gasteiger partial charge >= 0.3 is 5.97 Å². The minimum atomic E-state index is -0.779. The summed E-state index contributed by atoms with van der Waals surface area (Å²) in [5.74, 6) is -2.17. The standard InChI is InChI=1S/C17H17NO4/c1-4-22-16(21)12-13-11-8-6-5-7-10(11)9-17(2,3)18(13)15(20)14(12)19/h5-8H,4,9H2,1-3H3. The Bertz CT molecular complexity index is 730. The third-order valence-electron chi connectivity index (χ3n) is 4.07. The molecule has 0 saturated carbocycles. The summed E-state index contributed by atoms with van der Waals surface area (Å²) >= 11 is 0. The van der Waals surface area contributed by atoms with Crippen molar-refractivity contribution in [1.82, 2.24) is 4.90 Å². The number of carbonyl (C=O) groups is 3. The van der Waals surface area contributed by atoms with Crippen LogP contribution in [0.4, 0.5) is 0 Å². The van der Waals surface area contributed by atoms with Gasteiger partial charge < -0.3 is 4.74 Å². The molecular weight excluding hydrogens is 282 g/mol. The topological polar surface area (TPSA) is 63.7 Å².